The Morgan fingerprint density at radius 2 is 0.981 bits per heavy atom. The summed E-state index contributed by atoms with van der Waals surface area (Å²) in [6, 6.07) is -0.396. The molecule has 0 aromatic heterocycles. The van der Waals surface area contributed by atoms with Gasteiger partial charge in [0, 0.05) is 83.3 Å². The summed E-state index contributed by atoms with van der Waals surface area (Å²) in [4.78, 5) is 236. The number of aliphatic imine (C=N–C) groups is 2. The third kappa shape index (κ3) is 38.9. The van der Waals surface area contributed by atoms with Crippen molar-refractivity contribution in [1.82, 2.24) is 51.7 Å². The van der Waals surface area contributed by atoms with E-state index in [2.05, 4.69) is 51.0 Å². The molecule has 0 aliphatic carbocycles. The molecule has 2 unspecified atom stereocenters. The number of nitrogens with zero attached hydrogens (tertiary/aromatic N) is 7. The number of aliphatic hydroxyl groups is 1. The summed E-state index contributed by atoms with van der Waals surface area (Å²) < 4.78 is 26.3. The molecule has 8 rings (SSSR count). The van der Waals surface area contributed by atoms with Crippen LogP contribution in [0, 0.1) is 5.92 Å². The molecule has 8 aliphatic rings. The Morgan fingerprint density at radius 1 is 0.557 bits per heavy atom. The molecular formula is C60H86N12O28S6. The second-order valence-electron chi connectivity index (χ2n) is 24.4. The molecule has 6 N–H and O–H groups in total. The van der Waals surface area contributed by atoms with Crippen molar-refractivity contribution < 1.29 is 134 Å². The maximum absolute atomic E-state index is 12.6. The first-order chi connectivity index (χ1) is 50.2. The van der Waals surface area contributed by atoms with E-state index in [0.717, 1.165) is 30.3 Å². The third-order valence-electron chi connectivity index (χ3n) is 13.3. The van der Waals surface area contributed by atoms with Gasteiger partial charge in [-0.3, -0.25) is 57.5 Å². The number of alkyl carbamates (subject to hydrolysis) is 2. The van der Waals surface area contributed by atoms with Gasteiger partial charge in [0.2, 0.25) is 23.6 Å². The second kappa shape index (κ2) is 47.5. The van der Waals surface area contributed by atoms with E-state index in [9.17, 15) is 86.3 Å². The van der Waals surface area contributed by atoms with Crippen LogP contribution in [0.15, 0.2) is 9.98 Å². The Kier molecular flexibility index (Phi) is 40.4. The lowest BCUT2D eigenvalue weighted by atomic mass is 9.97. The van der Waals surface area contributed by atoms with Crippen LogP contribution >= 0.6 is 64.8 Å². The number of unbranched alkanes of at least 4 members (excludes halogenated alkanes) is 1. The molecule has 8 aliphatic heterocycles. The zero-order valence-electron chi connectivity index (χ0n) is 58.8. The van der Waals surface area contributed by atoms with Gasteiger partial charge in [-0.1, -0.05) is 64.8 Å². The fraction of sp³-hybridized carbons (Fsp3) is 0.667. The summed E-state index contributed by atoms with van der Waals surface area (Å²) in [5.74, 6) is -11.3. The van der Waals surface area contributed by atoms with Gasteiger partial charge in [-0.2, -0.15) is 0 Å². The van der Waals surface area contributed by atoms with Gasteiger partial charge in [-0.05, 0) is 73.6 Å². The van der Waals surface area contributed by atoms with Crippen LogP contribution < -0.4 is 26.6 Å². The van der Waals surface area contributed by atoms with Gasteiger partial charge >= 0.3 is 36.1 Å². The number of rotatable bonds is 33. The zero-order valence-corrected chi connectivity index (χ0v) is 63.7. The van der Waals surface area contributed by atoms with E-state index in [1.165, 1.54) is 24.3 Å². The van der Waals surface area contributed by atoms with Crippen LogP contribution in [0.25, 0.3) is 0 Å². The van der Waals surface area contributed by atoms with Crippen LogP contribution in [0.3, 0.4) is 0 Å². The highest BCUT2D eigenvalue weighted by atomic mass is 33.2. The highest BCUT2D eigenvalue weighted by molar-refractivity contribution is 8.93. The minimum absolute atomic E-state index is 0.0426. The molecule has 0 saturated carbocycles. The SMILES string of the molecule is C1SS1.CC(C)(C)OC(=O)NCCC(=O)N(CC(=O)ON1C(=O)CCC1=O)CC(=O)ON1C(=O)CCC1=O.CC(C)(C)OC(=O)NCCOC=NCC(=O)NCCCCC1SS1.O=C(CO)NCCOC=NC1C(=O)NCCCC1C1SS1.O=C(COCC(=O)ON1C(=O)CCC1=O)ON1C(=O)CCC1=O. The smallest absolute Gasteiger partial charge is 0.407 e. The van der Waals surface area contributed by atoms with Crippen molar-refractivity contribution in [3.63, 3.8) is 0 Å². The molecule has 0 bridgehead atoms. The largest absolute Gasteiger partial charge is 0.482 e. The second-order valence-corrected chi connectivity index (χ2v) is 33.1. The number of hydrogen-bond donors (Lipinski definition) is 6. The van der Waals surface area contributed by atoms with Crippen molar-refractivity contribution in [1.29, 1.82) is 0 Å². The minimum atomic E-state index is -1.21. The van der Waals surface area contributed by atoms with Gasteiger partial charge in [0.05, 0.1) is 27.3 Å². The molecule has 46 heteroatoms. The third-order valence-corrected chi connectivity index (χ3v) is 18.9. The monoisotopic (exact) mass is 1610 g/mol. The highest BCUT2D eigenvalue weighted by Crippen LogP contribution is 2.59. The van der Waals surface area contributed by atoms with Gasteiger partial charge in [-0.25, -0.2) is 38.8 Å². The highest BCUT2D eigenvalue weighted by Gasteiger charge is 2.43. The van der Waals surface area contributed by atoms with E-state index < -0.39 is 145 Å². The average Bonchev–Trinajstić information content (AvgIpc) is 1.68. The number of imide groups is 4. The molecule has 106 heavy (non-hydrogen) atoms. The van der Waals surface area contributed by atoms with Gasteiger partial charge in [-0.15, -0.1) is 20.3 Å². The van der Waals surface area contributed by atoms with Crippen molar-refractivity contribution in [2.24, 2.45) is 15.9 Å². The van der Waals surface area contributed by atoms with Crippen molar-refractivity contribution in [3.8, 4) is 0 Å². The van der Waals surface area contributed by atoms with Crippen molar-refractivity contribution in [3.05, 3.63) is 0 Å². The van der Waals surface area contributed by atoms with E-state index in [-0.39, 0.29) is 112 Å². The first-order valence-corrected chi connectivity index (χ1v) is 39.9. The molecule has 0 spiro atoms. The molecule has 590 valence electrons. The molecule has 0 aromatic rings. The maximum Gasteiger partial charge on any atom is 0.407 e. The van der Waals surface area contributed by atoms with Gasteiger partial charge in [0.1, 0.15) is 69.9 Å². The Morgan fingerprint density at radius 3 is 1.41 bits per heavy atom. The molecule has 8 fully saturated rings. The first kappa shape index (κ1) is 90.2. The fourth-order valence-corrected chi connectivity index (χ4v) is 11.8. The van der Waals surface area contributed by atoms with E-state index >= 15 is 0 Å². The normalized spacial score (nSPS) is 18.3. The average molecular weight is 1620 g/mol. The molecule has 40 nitrogen and oxygen atoms in total. The topological polar surface area (TPSA) is 512 Å². The fourth-order valence-electron chi connectivity index (χ4n) is 8.37. The van der Waals surface area contributed by atoms with Crippen molar-refractivity contribution in [2.45, 2.75) is 158 Å². The summed E-state index contributed by atoms with van der Waals surface area (Å²) >= 11 is 0. The van der Waals surface area contributed by atoms with Gasteiger partial charge < -0.3 is 79.6 Å². The number of amides is 14. The molecule has 8 saturated heterocycles. The van der Waals surface area contributed by atoms with Crippen LogP contribution in [0.4, 0.5) is 9.59 Å². The summed E-state index contributed by atoms with van der Waals surface area (Å²) in [5.41, 5.74) is -1.29. The van der Waals surface area contributed by atoms with Crippen molar-refractivity contribution in [2.75, 3.05) is 90.5 Å². The quantitative estimate of drug-likeness (QED) is 0.0132. The Hall–Kier alpha value is -8.18. The van der Waals surface area contributed by atoms with E-state index in [1.807, 2.05) is 43.2 Å². The number of hydroxylamine groups is 8. The number of nitrogens with one attached hydrogen (secondary N) is 5. The number of aliphatic hydroxyl groups excluding tert-OH is 1. The predicted octanol–water partition coefficient (Wildman–Crippen LogP) is 0.820. The summed E-state index contributed by atoms with van der Waals surface area (Å²) in [6.07, 6.45) is 5.43. The molecular weight excluding hydrogens is 1530 g/mol. The molecule has 0 aromatic carbocycles. The molecule has 2 atom stereocenters. The van der Waals surface area contributed by atoms with E-state index in [4.69, 9.17) is 33.7 Å². The standard InChI is InChI=1S/C20H26N4O11.C15H27N3O4S2.C12H19N3O4S2.C12H12N2O9.CH2S2/c1-20(2,3)33-19(32)21-9-8-12(25)22(10-17(30)34-23-13(26)4-5-14(23)27)11-18(31)35-24-15(28)6-7-16(24)29;1-15(2,3)22-14(20)18-8-9-21-11-16-10-12(19)17-7-5-4-6-13-23-24-13;16-6-9(17)13-4-5-19-7-15-10-8(12-20-21-12)2-1-3-14-11(10)18;15-7-1-2-8(16)13(7)22-11(19)5-21-6-12(20)23-14-9(17)3-4-10(14)18;1-2-3-1/h4-11H2,1-3H3,(H,21,32);11,13H,4-10H2,1-3H3,(H,17,19)(H,18,20);7-8,10,12,16H,1-6H2,(H,13,17)(H,14,18);1-6H2;1H2. The molecule has 14 amide bonds. The minimum Gasteiger partial charge on any atom is -0.482 e. The molecule has 0 radical (unpaired) electrons. The number of hydrogen-bond acceptors (Lipinski definition) is 36. The van der Waals surface area contributed by atoms with E-state index in [0.29, 0.717) is 45.8 Å². The number of ether oxygens (including phenoxy) is 5. The van der Waals surface area contributed by atoms with E-state index in [1.54, 1.807) is 63.1 Å². The summed E-state index contributed by atoms with van der Waals surface area (Å²) in [7, 11) is 11.3. The number of carbonyl (C=O) groups excluding carboxylic acids is 18. The first-order valence-electron chi connectivity index (χ1n) is 32.8. The van der Waals surface area contributed by atoms with Gasteiger partial charge in [0.25, 0.3) is 47.3 Å². The Bertz CT molecular complexity index is 3040. The summed E-state index contributed by atoms with van der Waals surface area (Å²) in [5, 5.41) is 24.1. The van der Waals surface area contributed by atoms with Crippen LogP contribution in [0.5, 0.6) is 0 Å². The van der Waals surface area contributed by atoms with Crippen LogP contribution in [0.1, 0.15) is 131 Å². The predicted molar refractivity (Wildman–Crippen MR) is 377 cm³/mol. The Labute approximate surface area is 631 Å². The van der Waals surface area contributed by atoms with Gasteiger partial charge in [0.15, 0.2) is 12.8 Å². The number of carbonyl (C=O) groups is 18. The molecule has 8 heterocycles. The lowest BCUT2D eigenvalue weighted by Gasteiger charge is -2.23. The van der Waals surface area contributed by atoms with Crippen LogP contribution in [-0.2, 0) is 120 Å². The lowest BCUT2D eigenvalue weighted by molar-refractivity contribution is -0.205. The maximum atomic E-state index is 12.6. The lowest BCUT2D eigenvalue weighted by Crippen LogP contribution is -2.45. The summed E-state index contributed by atoms with van der Waals surface area (Å²) in [6.45, 7) is 8.92. The van der Waals surface area contributed by atoms with Crippen LogP contribution in [-0.4, -0.2) is 267 Å². The van der Waals surface area contributed by atoms with Crippen molar-refractivity contribution >= 4 is 185 Å². The Balaban J connectivity index is 0.000000300. The van der Waals surface area contributed by atoms with Crippen LogP contribution in [0.2, 0.25) is 0 Å². The zero-order chi connectivity index (χ0) is 78.4.